The van der Waals surface area contributed by atoms with Crippen molar-refractivity contribution in [3.63, 3.8) is 0 Å². The minimum atomic E-state index is 0.173. The Balaban J connectivity index is 1.94. The van der Waals surface area contributed by atoms with Crippen LogP contribution in [0.5, 0.6) is 0 Å². The lowest BCUT2D eigenvalue weighted by Gasteiger charge is -2.18. The van der Waals surface area contributed by atoms with Gasteiger partial charge >= 0.3 is 0 Å². The predicted molar refractivity (Wildman–Crippen MR) is 112 cm³/mol. The maximum Gasteiger partial charge on any atom is 0.0503 e. The number of hydrogen-bond acceptors (Lipinski definition) is 1. The fourth-order valence-corrected chi connectivity index (χ4v) is 5.00. The van der Waals surface area contributed by atoms with Gasteiger partial charge in [-0.05, 0) is 41.3 Å². The second-order valence-electron chi connectivity index (χ2n) is 8.00. The van der Waals surface area contributed by atoms with E-state index in [0.29, 0.717) is 0 Å². The van der Waals surface area contributed by atoms with Gasteiger partial charge in [0.25, 0.3) is 0 Å². The highest BCUT2D eigenvalue weighted by atomic mass is 32.1. The Hall–Kier alpha value is -2.32. The van der Waals surface area contributed by atoms with Gasteiger partial charge in [-0.15, -0.1) is 11.3 Å². The van der Waals surface area contributed by atoms with Gasteiger partial charge in [-0.1, -0.05) is 45.0 Å². The zero-order valence-electron chi connectivity index (χ0n) is 15.1. The molecule has 0 N–H and O–H groups in total. The summed E-state index contributed by atoms with van der Waals surface area (Å²) < 4.78 is 5.07. The van der Waals surface area contributed by atoms with E-state index in [2.05, 4.69) is 87.0 Å². The molecule has 0 amide bonds. The largest absolute Gasteiger partial charge is 0.344 e. The Kier molecular flexibility index (Phi) is 2.91. The van der Waals surface area contributed by atoms with Crippen molar-refractivity contribution in [2.45, 2.75) is 26.2 Å². The summed E-state index contributed by atoms with van der Waals surface area (Å²) in [6.45, 7) is 6.85. The van der Waals surface area contributed by atoms with Gasteiger partial charge in [0.05, 0.1) is 5.52 Å². The molecular weight excluding hydrogens is 322 g/mol. The quantitative estimate of drug-likeness (QED) is 0.285. The van der Waals surface area contributed by atoms with E-state index >= 15 is 0 Å². The van der Waals surface area contributed by atoms with Gasteiger partial charge < -0.3 is 4.57 Å². The molecule has 0 bridgehead atoms. The maximum atomic E-state index is 2.40. The normalized spacial score (nSPS) is 12.8. The molecule has 0 atom stereocenters. The third kappa shape index (κ3) is 2.07. The first-order valence-electron chi connectivity index (χ1n) is 8.77. The molecule has 3 aromatic carbocycles. The Labute approximate surface area is 151 Å². The number of nitrogens with zero attached hydrogens (tertiary/aromatic N) is 1. The summed E-state index contributed by atoms with van der Waals surface area (Å²) in [6, 6.07) is 20.4. The molecule has 124 valence electrons. The molecule has 0 saturated carbocycles. The summed E-state index contributed by atoms with van der Waals surface area (Å²) in [5.41, 5.74) is 4.19. The van der Waals surface area contributed by atoms with Crippen molar-refractivity contribution in [1.29, 1.82) is 0 Å². The number of aromatic nitrogens is 1. The minimum absolute atomic E-state index is 0.173. The number of rotatable bonds is 0. The van der Waals surface area contributed by atoms with Crippen molar-refractivity contribution in [2.75, 3.05) is 0 Å². The van der Waals surface area contributed by atoms with Crippen molar-refractivity contribution in [1.82, 2.24) is 4.57 Å². The molecule has 0 fully saturated rings. The molecule has 5 rings (SSSR count). The highest BCUT2D eigenvalue weighted by molar-refractivity contribution is 7.25. The Morgan fingerprint density at radius 3 is 2.28 bits per heavy atom. The van der Waals surface area contributed by atoms with Crippen LogP contribution in [0.15, 0.2) is 54.6 Å². The van der Waals surface area contributed by atoms with E-state index in [9.17, 15) is 0 Å². The highest BCUT2D eigenvalue weighted by Gasteiger charge is 2.17. The van der Waals surface area contributed by atoms with E-state index < -0.39 is 0 Å². The summed E-state index contributed by atoms with van der Waals surface area (Å²) in [5, 5.41) is 5.47. The number of para-hydroxylation sites is 1. The third-order valence-electron chi connectivity index (χ3n) is 5.37. The van der Waals surface area contributed by atoms with Crippen molar-refractivity contribution in [3.05, 3.63) is 60.2 Å². The molecule has 0 unspecified atom stereocenters. The van der Waals surface area contributed by atoms with E-state index in [0.717, 1.165) is 0 Å². The summed E-state index contributed by atoms with van der Waals surface area (Å²) in [6.07, 6.45) is 0. The van der Waals surface area contributed by atoms with Crippen LogP contribution in [-0.4, -0.2) is 4.57 Å². The summed E-state index contributed by atoms with van der Waals surface area (Å²) >= 11 is 1.90. The van der Waals surface area contributed by atoms with Gasteiger partial charge in [-0.3, -0.25) is 0 Å². The summed E-state index contributed by atoms with van der Waals surface area (Å²) in [5.74, 6) is 0. The first kappa shape index (κ1) is 15.0. The molecule has 25 heavy (non-hydrogen) atoms. The molecular formula is C23H21NS. The van der Waals surface area contributed by atoms with Crippen LogP contribution in [0.1, 0.15) is 26.3 Å². The second kappa shape index (κ2) is 4.86. The lowest BCUT2D eigenvalue weighted by Crippen LogP contribution is -2.10. The van der Waals surface area contributed by atoms with Crippen LogP contribution in [0.2, 0.25) is 0 Å². The SMILES string of the molecule is Cn1c2ccccc2c2cc3c(cc21)sc1ccc(C(C)(C)C)cc13. The standard InChI is InChI=1S/C23H21NS/c1-23(2,3)14-9-10-21-17(11-14)18-12-16-15-7-5-6-8-19(15)24(4)20(16)13-22(18)25-21/h5-13H,1-4H3. The first-order valence-corrected chi connectivity index (χ1v) is 9.59. The van der Waals surface area contributed by atoms with Crippen LogP contribution in [-0.2, 0) is 12.5 Å². The Morgan fingerprint density at radius 1 is 0.720 bits per heavy atom. The predicted octanol–water partition coefficient (Wildman–Crippen LogP) is 7.00. The van der Waals surface area contributed by atoms with Gasteiger partial charge in [0.15, 0.2) is 0 Å². The van der Waals surface area contributed by atoms with Crippen LogP contribution in [0.4, 0.5) is 0 Å². The van der Waals surface area contributed by atoms with Crippen molar-refractivity contribution in [3.8, 4) is 0 Å². The number of thiophene rings is 1. The van der Waals surface area contributed by atoms with E-state index in [1.54, 1.807) is 0 Å². The first-order chi connectivity index (χ1) is 11.9. The van der Waals surface area contributed by atoms with Gasteiger partial charge in [0.2, 0.25) is 0 Å². The molecule has 0 radical (unpaired) electrons. The Bertz CT molecular complexity index is 1280. The molecule has 0 aliphatic carbocycles. The molecule has 2 aromatic heterocycles. The van der Waals surface area contributed by atoms with E-state index in [1.807, 2.05) is 11.3 Å². The van der Waals surface area contributed by atoms with Crippen molar-refractivity contribution >= 4 is 53.3 Å². The molecule has 0 aliphatic heterocycles. The molecule has 0 aliphatic rings. The molecule has 2 heteroatoms. The molecule has 0 saturated heterocycles. The number of aryl methyl sites for hydroxylation is 1. The third-order valence-corrected chi connectivity index (χ3v) is 6.50. The molecule has 1 nitrogen and oxygen atoms in total. The highest BCUT2D eigenvalue weighted by Crippen LogP contribution is 2.40. The van der Waals surface area contributed by atoms with Crippen LogP contribution >= 0.6 is 11.3 Å². The Morgan fingerprint density at radius 2 is 1.48 bits per heavy atom. The van der Waals surface area contributed by atoms with E-state index in [-0.39, 0.29) is 5.41 Å². The lowest BCUT2D eigenvalue weighted by atomic mass is 9.86. The zero-order chi connectivity index (χ0) is 17.3. The van der Waals surface area contributed by atoms with Gasteiger partial charge in [0.1, 0.15) is 0 Å². The maximum absolute atomic E-state index is 2.40. The average Bonchev–Trinajstić information content (AvgIpc) is 3.08. The number of benzene rings is 3. The van der Waals surface area contributed by atoms with Crippen molar-refractivity contribution in [2.24, 2.45) is 7.05 Å². The van der Waals surface area contributed by atoms with E-state index in [1.165, 1.54) is 47.5 Å². The molecule has 2 heterocycles. The smallest absolute Gasteiger partial charge is 0.0503 e. The monoisotopic (exact) mass is 343 g/mol. The number of fused-ring (bicyclic) bond motifs is 6. The van der Waals surface area contributed by atoms with E-state index in [4.69, 9.17) is 0 Å². The summed E-state index contributed by atoms with van der Waals surface area (Å²) in [4.78, 5) is 0. The lowest BCUT2D eigenvalue weighted by molar-refractivity contribution is 0.591. The van der Waals surface area contributed by atoms with Crippen LogP contribution in [0.25, 0.3) is 42.0 Å². The topological polar surface area (TPSA) is 4.93 Å². The number of hydrogen-bond donors (Lipinski definition) is 0. The summed E-state index contributed by atoms with van der Waals surface area (Å²) in [7, 11) is 2.17. The van der Waals surface area contributed by atoms with Gasteiger partial charge in [0, 0.05) is 43.5 Å². The average molecular weight is 343 g/mol. The molecule has 5 aromatic rings. The fraction of sp³-hybridized carbons (Fsp3) is 0.217. The van der Waals surface area contributed by atoms with Crippen LogP contribution in [0.3, 0.4) is 0 Å². The van der Waals surface area contributed by atoms with Gasteiger partial charge in [-0.25, -0.2) is 0 Å². The van der Waals surface area contributed by atoms with Crippen LogP contribution < -0.4 is 0 Å². The fourth-order valence-electron chi connectivity index (χ4n) is 3.90. The molecule has 0 spiro atoms. The van der Waals surface area contributed by atoms with Gasteiger partial charge in [-0.2, -0.15) is 0 Å². The van der Waals surface area contributed by atoms with Crippen molar-refractivity contribution < 1.29 is 0 Å². The van der Waals surface area contributed by atoms with Crippen LogP contribution in [0, 0.1) is 0 Å². The second-order valence-corrected chi connectivity index (χ2v) is 9.09. The minimum Gasteiger partial charge on any atom is -0.344 e. The zero-order valence-corrected chi connectivity index (χ0v) is 15.9.